The first-order valence-electron chi connectivity index (χ1n) is 8.06. The first kappa shape index (κ1) is 37.9. The van der Waals surface area contributed by atoms with E-state index < -0.39 is 25.4 Å². The molecule has 0 amide bonds. The van der Waals surface area contributed by atoms with Crippen LogP contribution >= 0.6 is 0 Å². The average Bonchev–Trinajstić information content (AvgIpc) is 3.12. The fraction of sp³-hybridized carbons (Fsp3) is 0.688. The molecule has 0 aromatic heterocycles. The van der Waals surface area contributed by atoms with Crippen LogP contribution in [0, 0.1) is 0 Å². The molecule has 159 valence electrons. The number of rotatable bonds is 3. The molecule has 0 bridgehead atoms. The third-order valence-corrected chi connectivity index (χ3v) is 3.01. The summed E-state index contributed by atoms with van der Waals surface area (Å²) in [5, 5.41) is -9.97. The van der Waals surface area contributed by atoms with E-state index in [1.54, 1.807) is 0 Å². The van der Waals surface area contributed by atoms with E-state index in [4.69, 9.17) is 17.2 Å². The maximum absolute atomic E-state index is 10.9. The summed E-state index contributed by atoms with van der Waals surface area (Å²) in [5.74, 6) is 0. The molecule has 27 heavy (non-hydrogen) atoms. The van der Waals surface area contributed by atoms with Crippen molar-refractivity contribution in [2.45, 2.75) is 50.1 Å². The molecule has 1 aromatic carbocycles. The SMILES string of the molecule is CCC[NH-].CCC[NH-].CCC[NH-].F[C](F)(F)[GeH][C](F)(F)F.[Zr+4].c1cc[cH-]c1. The minimum absolute atomic E-state index is 0. The summed E-state index contributed by atoms with van der Waals surface area (Å²) in [6.45, 7) is 7.69. The Kier molecular flexibility index (Phi) is 39.9. The molecular weight excluding hydrogens is 512 g/mol. The summed E-state index contributed by atoms with van der Waals surface area (Å²) in [7, 11) is 0. The summed E-state index contributed by atoms with van der Waals surface area (Å²) in [6, 6.07) is 10.0. The van der Waals surface area contributed by atoms with Crippen molar-refractivity contribution >= 4 is 15.4 Å². The molecule has 0 atom stereocenters. The second-order valence-electron chi connectivity index (χ2n) is 4.44. The third kappa shape index (κ3) is 76.0. The van der Waals surface area contributed by atoms with Gasteiger partial charge in [0.15, 0.2) is 0 Å². The number of halogens is 6. The third-order valence-electron chi connectivity index (χ3n) is 1.63. The average molecular weight is 542 g/mol. The Hall–Kier alpha value is 0.236. The van der Waals surface area contributed by atoms with Crippen molar-refractivity contribution in [2.75, 3.05) is 19.6 Å². The van der Waals surface area contributed by atoms with Crippen molar-refractivity contribution in [3.63, 3.8) is 0 Å². The molecular formula is C16H30F6GeN3Zr. The van der Waals surface area contributed by atoms with Gasteiger partial charge < -0.3 is 17.2 Å². The Morgan fingerprint density at radius 3 is 0.963 bits per heavy atom. The van der Waals surface area contributed by atoms with Crippen LogP contribution in [0.5, 0.6) is 0 Å². The fourth-order valence-electron chi connectivity index (χ4n) is 0.506. The number of hydrogen-bond acceptors (Lipinski definition) is 0. The molecule has 0 heterocycles. The minimum atomic E-state index is -4.98. The van der Waals surface area contributed by atoms with E-state index in [0.717, 1.165) is 19.3 Å². The molecule has 1 aromatic rings. The van der Waals surface area contributed by atoms with Gasteiger partial charge in [-0.15, -0.1) is 0 Å². The minimum Gasteiger partial charge on any atom is -0.214 e. The summed E-state index contributed by atoms with van der Waals surface area (Å²) in [6.07, 6.45) is 2.96. The summed E-state index contributed by atoms with van der Waals surface area (Å²) >= 11 is -4.06. The molecule has 1 radical (unpaired) electrons. The van der Waals surface area contributed by atoms with E-state index in [1.807, 2.05) is 51.1 Å². The molecule has 0 aliphatic carbocycles. The van der Waals surface area contributed by atoms with Crippen molar-refractivity contribution in [2.24, 2.45) is 0 Å². The standard InChI is InChI=1S/C5H5.3C3H8N.C2HF6Ge.Zr/c1-2-4-5-3-1;3*1-2-3-4;3-1(4,5)9-2(6,7)8;/h1-5H;3*4H,2-3H2,1H3;9H;/q4*-1;;+4. The van der Waals surface area contributed by atoms with Gasteiger partial charge >= 0.3 is 78.0 Å². The maximum atomic E-state index is 10.9. The van der Waals surface area contributed by atoms with Crippen molar-refractivity contribution in [3.8, 4) is 0 Å². The number of nitrogens with one attached hydrogen (secondary N) is 3. The zero-order valence-electron chi connectivity index (χ0n) is 16.0. The van der Waals surface area contributed by atoms with Gasteiger partial charge in [0.05, 0.1) is 0 Å². The Balaban J connectivity index is -0.0000000780. The van der Waals surface area contributed by atoms with Crippen LogP contribution in [-0.4, -0.2) is 45.1 Å². The smallest absolute Gasteiger partial charge is 0.214 e. The van der Waals surface area contributed by atoms with E-state index in [9.17, 15) is 26.3 Å². The quantitative estimate of drug-likeness (QED) is 0.220. The fourth-order valence-corrected chi connectivity index (χ4v) is 1.29. The van der Waals surface area contributed by atoms with E-state index in [1.165, 1.54) is 0 Å². The van der Waals surface area contributed by atoms with E-state index in [-0.39, 0.29) is 26.2 Å². The van der Waals surface area contributed by atoms with Crippen LogP contribution in [0.15, 0.2) is 30.3 Å². The van der Waals surface area contributed by atoms with Crippen LogP contribution in [0.2, 0.25) is 0 Å². The molecule has 0 unspecified atom stereocenters. The molecule has 3 nitrogen and oxygen atoms in total. The van der Waals surface area contributed by atoms with Gasteiger partial charge in [-0.3, -0.25) is 0 Å². The molecule has 11 heteroatoms. The zero-order valence-corrected chi connectivity index (χ0v) is 20.9. The number of hydrogen-bond donors (Lipinski definition) is 0. The van der Waals surface area contributed by atoms with Crippen LogP contribution in [0.25, 0.3) is 17.2 Å². The Bertz CT molecular complexity index is 278. The van der Waals surface area contributed by atoms with E-state index >= 15 is 0 Å². The van der Waals surface area contributed by atoms with Crippen molar-refractivity contribution in [1.82, 2.24) is 0 Å². The van der Waals surface area contributed by atoms with E-state index in [0.29, 0.717) is 19.6 Å². The van der Waals surface area contributed by atoms with Crippen molar-refractivity contribution in [1.29, 1.82) is 0 Å². The van der Waals surface area contributed by atoms with Gasteiger partial charge in [-0.05, 0) is 0 Å². The van der Waals surface area contributed by atoms with Gasteiger partial charge in [-0.2, -0.15) is 37.8 Å². The van der Waals surface area contributed by atoms with Crippen molar-refractivity contribution < 1.29 is 52.5 Å². The molecule has 3 N–H and O–H groups in total. The predicted molar refractivity (Wildman–Crippen MR) is 99.7 cm³/mol. The van der Waals surface area contributed by atoms with Gasteiger partial charge in [0, 0.05) is 0 Å². The van der Waals surface area contributed by atoms with E-state index in [2.05, 4.69) is 0 Å². The molecule has 0 spiro atoms. The Morgan fingerprint density at radius 1 is 0.704 bits per heavy atom. The first-order chi connectivity index (χ1) is 11.9. The van der Waals surface area contributed by atoms with Gasteiger partial charge in [-0.25, -0.2) is 12.1 Å². The zero-order chi connectivity index (χ0) is 21.5. The molecule has 0 aliphatic rings. The molecule has 1 rings (SSSR count). The van der Waals surface area contributed by atoms with Crippen molar-refractivity contribution in [3.05, 3.63) is 47.5 Å². The van der Waals surface area contributed by atoms with Gasteiger partial charge in [0.1, 0.15) is 0 Å². The van der Waals surface area contributed by atoms with Gasteiger partial charge in [0.25, 0.3) is 0 Å². The second-order valence-corrected chi connectivity index (χ2v) is 7.79. The summed E-state index contributed by atoms with van der Waals surface area (Å²) < 4.78 is 65.4. The summed E-state index contributed by atoms with van der Waals surface area (Å²) in [5.41, 5.74) is 19.4. The number of alkyl halides is 6. The monoisotopic (exact) mass is 542 g/mol. The first-order valence-corrected chi connectivity index (χ1v) is 10.5. The maximum Gasteiger partial charge on any atom is 4.00 e. The van der Waals surface area contributed by atoms with Crippen LogP contribution in [0.4, 0.5) is 26.3 Å². The van der Waals surface area contributed by atoms with Crippen LogP contribution in [0.1, 0.15) is 40.0 Å². The molecule has 0 aliphatic heterocycles. The predicted octanol–water partition coefficient (Wildman–Crippen LogP) is 7.21. The largest absolute Gasteiger partial charge is 4.00 e. The van der Waals surface area contributed by atoms with Crippen LogP contribution < -0.4 is 0 Å². The second kappa shape index (κ2) is 28.4. The molecule has 0 saturated heterocycles. The van der Waals surface area contributed by atoms with Gasteiger partial charge in [0.2, 0.25) is 0 Å². The topological polar surface area (TPSA) is 71.4 Å². The Labute approximate surface area is 184 Å². The van der Waals surface area contributed by atoms with Crippen LogP contribution in [-0.2, 0) is 26.2 Å². The Morgan fingerprint density at radius 2 is 0.926 bits per heavy atom. The molecule has 0 fully saturated rings. The van der Waals surface area contributed by atoms with Crippen LogP contribution in [0.3, 0.4) is 0 Å². The summed E-state index contributed by atoms with van der Waals surface area (Å²) in [4.78, 5) is 0. The van der Waals surface area contributed by atoms with Gasteiger partial charge in [-0.1, -0.05) is 40.0 Å². The molecule has 0 saturated carbocycles. The normalized spacial score (nSPS) is 9.48.